The number of carbonyl (C=O) groups is 1. The highest BCUT2D eigenvalue weighted by molar-refractivity contribution is 7.91. The van der Waals surface area contributed by atoms with Crippen LogP contribution in [0.4, 0.5) is 0 Å². The maximum absolute atomic E-state index is 12.3. The second kappa shape index (κ2) is 7.15. The minimum absolute atomic E-state index is 0.0371. The van der Waals surface area contributed by atoms with Gasteiger partial charge in [0, 0.05) is 11.6 Å². The Morgan fingerprint density at radius 3 is 2.57 bits per heavy atom. The molecule has 1 saturated heterocycles. The molecule has 1 aliphatic heterocycles. The van der Waals surface area contributed by atoms with Gasteiger partial charge in [0.25, 0.3) is 5.91 Å². The number of aryl methyl sites for hydroxylation is 1. The van der Waals surface area contributed by atoms with Crippen LogP contribution in [0.5, 0.6) is 0 Å². The molecular formula is C14H17Cl3N2O3S. The Morgan fingerprint density at radius 1 is 1.35 bits per heavy atom. The van der Waals surface area contributed by atoms with Crippen molar-refractivity contribution in [2.24, 2.45) is 0 Å². The van der Waals surface area contributed by atoms with E-state index in [1.807, 2.05) is 13.0 Å². The molecule has 1 heterocycles. The fourth-order valence-corrected chi connectivity index (χ4v) is 4.42. The molecule has 2 atom stereocenters. The molecule has 1 fully saturated rings. The van der Waals surface area contributed by atoms with Gasteiger partial charge in [0.05, 0.1) is 11.5 Å². The van der Waals surface area contributed by atoms with Crippen molar-refractivity contribution in [2.75, 3.05) is 11.5 Å². The SMILES string of the molecule is Cc1cccc(C(=O)N[C@H](N[C@H]2CCS(=O)(=O)C2)C(Cl)(Cl)Cl)c1. The predicted molar refractivity (Wildman–Crippen MR) is 92.9 cm³/mol. The summed E-state index contributed by atoms with van der Waals surface area (Å²) < 4.78 is 21.2. The van der Waals surface area contributed by atoms with Gasteiger partial charge in [-0.3, -0.25) is 10.1 Å². The Morgan fingerprint density at radius 2 is 2.04 bits per heavy atom. The summed E-state index contributed by atoms with van der Waals surface area (Å²) in [5.74, 6) is -0.355. The molecule has 1 aliphatic rings. The summed E-state index contributed by atoms with van der Waals surface area (Å²) in [4.78, 5) is 12.3. The first-order chi connectivity index (χ1) is 10.6. The van der Waals surface area contributed by atoms with Crippen LogP contribution in [0.1, 0.15) is 22.3 Å². The monoisotopic (exact) mass is 398 g/mol. The van der Waals surface area contributed by atoms with Crippen molar-refractivity contribution >= 4 is 50.5 Å². The lowest BCUT2D eigenvalue weighted by atomic mass is 10.1. The first-order valence-electron chi connectivity index (χ1n) is 6.97. The van der Waals surface area contributed by atoms with Crippen LogP contribution < -0.4 is 10.6 Å². The number of amides is 1. The van der Waals surface area contributed by atoms with Crippen LogP contribution in [0.2, 0.25) is 0 Å². The lowest BCUT2D eigenvalue weighted by Gasteiger charge is -2.29. The summed E-state index contributed by atoms with van der Waals surface area (Å²) in [6.45, 7) is 1.87. The molecule has 0 bridgehead atoms. The van der Waals surface area contributed by atoms with Gasteiger partial charge in [-0.05, 0) is 25.5 Å². The van der Waals surface area contributed by atoms with E-state index in [9.17, 15) is 13.2 Å². The van der Waals surface area contributed by atoms with Gasteiger partial charge in [-0.2, -0.15) is 0 Å². The number of sulfone groups is 1. The number of hydrogen-bond donors (Lipinski definition) is 2. The fourth-order valence-electron chi connectivity index (χ4n) is 2.38. The van der Waals surface area contributed by atoms with E-state index in [1.165, 1.54) is 0 Å². The van der Waals surface area contributed by atoms with Crippen LogP contribution in [0.15, 0.2) is 24.3 Å². The molecular weight excluding hydrogens is 383 g/mol. The van der Waals surface area contributed by atoms with Crippen molar-refractivity contribution in [2.45, 2.75) is 29.3 Å². The Balaban J connectivity index is 2.09. The third-order valence-electron chi connectivity index (χ3n) is 3.52. The topological polar surface area (TPSA) is 75.3 Å². The highest BCUT2D eigenvalue weighted by Gasteiger charge is 2.38. The molecule has 0 unspecified atom stereocenters. The van der Waals surface area contributed by atoms with Crippen LogP contribution in [-0.4, -0.2) is 41.8 Å². The molecule has 9 heteroatoms. The highest BCUT2D eigenvalue weighted by Crippen LogP contribution is 2.30. The number of nitrogens with one attached hydrogen (secondary N) is 2. The van der Waals surface area contributed by atoms with Crippen LogP contribution in [0.25, 0.3) is 0 Å². The van der Waals surface area contributed by atoms with E-state index in [2.05, 4.69) is 10.6 Å². The largest absolute Gasteiger partial charge is 0.333 e. The number of carbonyl (C=O) groups excluding carboxylic acids is 1. The van der Waals surface area contributed by atoms with Crippen molar-refractivity contribution in [3.05, 3.63) is 35.4 Å². The summed E-state index contributed by atoms with van der Waals surface area (Å²) in [7, 11) is -3.08. The Hall–Kier alpha value is -0.530. The molecule has 0 radical (unpaired) electrons. The second-order valence-electron chi connectivity index (χ2n) is 5.58. The van der Waals surface area contributed by atoms with Gasteiger partial charge in [-0.25, -0.2) is 8.42 Å². The average Bonchev–Trinajstić information content (AvgIpc) is 2.76. The van der Waals surface area contributed by atoms with E-state index in [0.717, 1.165) is 5.56 Å². The second-order valence-corrected chi connectivity index (χ2v) is 10.2. The van der Waals surface area contributed by atoms with Crippen LogP contribution in [-0.2, 0) is 9.84 Å². The molecule has 128 valence electrons. The van der Waals surface area contributed by atoms with E-state index in [1.54, 1.807) is 18.2 Å². The normalized spacial score (nSPS) is 21.8. The van der Waals surface area contributed by atoms with Gasteiger partial charge in [0.15, 0.2) is 9.84 Å². The summed E-state index contributed by atoms with van der Waals surface area (Å²) in [5.41, 5.74) is 1.36. The molecule has 23 heavy (non-hydrogen) atoms. The Labute approximate surface area is 150 Å². The Kier molecular flexibility index (Phi) is 5.85. The van der Waals surface area contributed by atoms with Crippen molar-refractivity contribution in [1.82, 2.24) is 10.6 Å². The number of alkyl halides is 3. The lowest BCUT2D eigenvalue weighted by Crippen LogP contribution is -2.56. The van der Waals surface area contributed by atoms with Crippen LogP contribution >= 0.6 is 34.8 Å². The molecule has 0 saturated carbocycles. The van der Waals surface area contributed by atoms with Gasteiger partial charge in [0.1, 0.15) is 6.17 Å². The summed E-state index contributed by atoms with van der Waals surface area (Å²) in [6, 6.07) is 6.62. The van der Waals surface area contributed by atoms with Gasteiger partial charge < -0.3 is 5.32 Å². The van der Waals surface area contributed by atoms with E-state index < -0.39 is 25.7 Å². The molecule has 1 aromatic carbocycles. The smallest absolute Gasteiger partial charge is 0.252 e. The number of benzene rings is 1. The lowest BCUT2D eigenvalue weighted by molar-refractivity contribution is 0.0927. The number of halogens is 3. The van der Waals surface area contributed by atoms with Gasteiger partial charge in [-0.1, -0.05) is 52.5 Å². The number of hydrogen-bond acceptors (Lipinski definition) is 4. The first-order valence-corrected chi connectivity index (χ1v) is 9.93. The van der Waals surface area contributed by atoms with Crippen molar-refractivity contribution in [1.29, 1.82) is 0 Å². The average molecular weight is 400 g/mol. The molecule has 1 aromatic rings. The third kappa shape index (κ3) is 5.50. The molecule has 2 rings (SSSR count). The quantitative estimate of drug-likeness (QED) is 0.601. The molecule has 0 aliphatic carbocycles. The maximum atomic E-state index is 12.3. The third-order valence-corrected chi connectivity index (χ3v) is 5.94. The van der Waals surface area contributed by atoms with Gasteiger partial charge >= 0.3 is 0 Å². The number of rotatable bonds is 4. The maximum Gasteiger partial charge on any atom is 0.252 e. The minimum Gasteiger partial charge on any atom is -0.333 e. The van der Waals surface area contributed by atoms with Crippen molar-refractivity contribution in [3.8, 4) is 0 Å². The highest BCUT2D eigenvalue weighted by atomic mass is 35.6. The van der Waals surface area contributed by atoms with E-state index in [0.29, 0.717) is 12.0 Å². The van der Waals surface area contributed by atoms with E-state index in [4.69, 9.17) is 34.8 Å². The van der Waals surface area contributed by atoms with Gasteiger partial charge in [-0.15, -0.1) is 0 Å². The summed E-state index contributed by atoms with van der Waals surface area (Å²) >= 11 is 17.7. The molecule has 1 amide bonds. The van der Waals surface area contributed by atoms with Crippen LogP contribution in [0.3, 0.4) is 0 Å². The predicted octanol–water partition coefficient (Wildman–Crippen LogP) is 2.20. The van der Waals surface area contributed by atoms with Crippen LogP contribution in [0, 0.1) is 6.92 Å². The molecule has 0 aromatic heterocycles. The van der Waals surface area contributed by atoms with Crippen molar-refractivity contribution < 1.29 is 13.2 Å². The molecule has 5 nitrogen and oxygen atoms in total. The molecule has 0 spiro atoms. The molecule has 2 N–H and O–H groups in total. The zero-order chi connectivity index (χ0) is 17.3. The first kappa shape index (κ1) is 18.8. The summed E-state index contributed by atoms with van der Waals surface area (Å²) in [5, 5.41) is 5.53. The fraction of sp³-hybridized carbons (Fsp3) is 0.500. The zero-order valence-corrected chi connectivity index (χ0v) is 15.4. The van der Waals surface area contributed by atoms with Gasteiger partial charge in [0.2, 0.25) is 3.79 Å². The minimum atomic E-state index is -3.08. The van der Waals surface area contributed by atoms with E-state index >= 15 is 0 Å². The Bertz CT molecular complexity index is 689. The van der Waals surface area contributed by atoms with Crippen molar-refractivity contribution in [3.63, 3.8) is 0 Å². The van der Waals surface area contributed by atoms with E-state index in [-0.39, 0.29) is 17.5 Å². The summed E-state index contributed by atoms with van der Waals surface area (Å²) in [6.07, 6.45) is -0.585. The standard InChI is InChI=1S/C14H17Cl3N2O3S/c1-9-3-2-4-10(7-9)12(20)19-13(14(15,16)17)18-11-5-6-23(21,22)8-11/h2-4,7,11,13,18H,5-6,8H2,1H3,(H,19,20)/t11-,13-/m0/s1. The zero-order valence-electron chi connectivity index (χ0n) is 12.4.